The Kier molecular flexibility index (Phi) is 5.57. The summed E-state index contributed by atoms with van der Waals surface area (Å²) in [4.78, 5) is 24.6. The summed E-state index contributed by atoms with van der Waals surface area (Å²) in [6, 6.07) is 14.6. The molecule has 0 heterocycles. The lowest BCUT2D eigenvalue weighted by molar-refractivity contribution is -0.114. The quantitative estimate of drug-likeness (QED) is 0.828. The molecule has 0 aliphatic heterocycles. The molecule has 0 fully saturated rings. The van der Waals surface area contributed by atoms with Gasteiger partial charge in [-0.25, -0.2) is 4.79 Å². The molecular formula is C16H16N2O3S. The highest BCUT2D eigenvalue weighted by molar-refractivity contribution is 7.99. The normalized spacial score (nSPS) is 10.1. The summed E-state index contributed by atoms with van der Waals surface area (Å²) in [5.74, 6) is -0.590. The molecule has 22 heavy (non-hydrogen) atoms. The number of hydrogen-bond acceptors (Lipinski definition) is 5. The Morgan fingerprint density at radius 1 is 1.14 bits per heavy atom. The summed E-state index contributed by atoms with van der Waals surface area (Å²) < 4.78 is 4.66. The Morgan fingerprint density at radius 3 is 2.50 bits per heavy atom. The lowest BCUT2D eigenvalue weighted by Gasteiger charge is -2.07. The van der Waals surface area contributed by atoms with Gasteiger partial charge in [0.2, 0.25) is 5.91 Å². The minimum Gasteiger partial charge on any atom is -0.465 e. The van der Waals surface area contributed by atoms with Gasteiger partial charge in [-0.1, -0.05) is 17.8 Å². The van der Waals surface area contributed by atoms with E-state index in [1.807, 2.05) is 30.3 Å². The maximum Gasteiger partial charge on any atom is 0.337 e. The first-order valence-corrected chi connectivity index (χ1v) is 7.40. The van der Waals surface area contributed by atoms with Crippen LogP contribution in [0.4, 0.5) is 5.69 Å². The largest absolute Gasteiger partial charge is 0.465 e. The zero-order valence-corrected chi connectivity index (χ0v) is 12.9. The molecule has 0 saturated carbocycles. The van der Waals surface area contributed by atoms with Gasteiger partial charge in [-0.05, 0) is 42.5 Å². The van der Waals surface area contributed by atoms with Crippen LogP contribution in [-0.4, -0.2) is 25.5 Å². The molecule has 0 unspecified atom stereocenters. The average Bonchev–Trinajstić information content (AvgIpc) is 2.55. The van der Waals surface area contributed by atoms with Crippen molar-refractivity contribution < 1.29 is 14.3 Å². The van der Waals surface area contributed by atoms with Gasteiger partial charge >= 0.3 is 5.97 Å². The molecule has 2 aromatic rings. The van der Waals surface area contributed by atoms with Crippen molar-refractivity contribution in [2.24, 2.45) is 5.73 Å². The Hall–Kier alpha value is -2.31. The van der Waals surface area contributed by atoms with Gasteiger partial charge in [0, 0.05) is 15.5 Å². The van der Waals surface area contributed by atoms with Crippen LogP contribution >= 0.6 is 11.8 Å². The highest BCUT2D eigenvalue weighted by atomic mass is 32.2. The number of nitrogens with two attached hydrogens (primary N) is 1. The smallest absolute Gasteiger partial charge is 0.337 e. The van der Waals surface area contributed by atoms with Crippen LogP contribution in [0.5, 0.6) is 0 Å². The Balaban J connectivity index is 2.08. The summed E-state index contributed by atoms with van der Waals surface area (Å²) in [7, 11) is 1.35. The van der Waals surface area contributed by atoms with E-state index in [2.05, 4.69) is 10.1 Å². The lowest BCUT2D eigenvalue weighted by atomic mass is 10.2. The maximum atomic E-state index is 11.4. The second kappa shape index (κ2) is 7.63. The van der Waals surface area contributed by atoms with E-state index < -0.39 is 0 Å². The van der Waals surface area contributed by atoms with Gasteiger partial charge in [0.05, 0.1) is 19.2 Å². The molecule has 2 aromatic carbocycles. The molecule has 114 valence electrons. The summed E-state index contributed by atoms with van der Waals surface area (Å²) in [6.45, 7) is -0.0492. The Bertz CT molecular complexity index is 671. The van der Waals surface area contributed by atoms with Crippen molar-refractivity contribution in [2.75, 3.05) is 19.0 Å². The van der Waals surface area contributed by atoms with E-state index in [0.29, 0.717) is 11.3 Å². The summed E-state index contributed by atoms with van der Waals surface area (Å²) in [5, 5.41) is 2.71. The molecule has 0 spiro atoms. The Labute approximate surface area is 132 Å². The van der Waals surface area contributed by atoms with Crippen molar-refractivity contribution in [3.8, 4) is 0 Å². The van der Waals surface area contributed by atoms with E-state index in [1.165, 1.54) is 18.9 Å². The van der Waals surface area contributed by atoms with Crippen LogP contribution in [0.1, 0.15) is 10.4 Å². The first-order chi connectivity index (χ1) is 10.6. The molecule has 0 aromatic heterocycles. The number of ether oxygens (including phenoxy) is 1. The van der Waals surface area contributed by atoms with E-state index in [9.17, 15) is 9.59 Å². The molecule has 0 radical (unpaired) electrons. The third kappa shape index (κ3) is 4.34. The number of carbonyl (C=O) groups excluding carboxylic acids is 2. The molecule has 6 heteroatoms. The van der Waals surface area contributed by atoms with Crippen LogP contribution < -0.4 is 11.1 Å². The molecule has 1 amide bonds. The molecule has 0 atom stereocenters. The predicted octanol–water partition coefficient (Wildman–Crippen LogP) is 2.52. The third-order valence-electron chi connectivity index (χ3n) is 2.81. The van der Waals surface area contributed by atoms with Gasteiger partial charge in [-0.3, -0.25) is 4.79 Å². The fourth-order valence-electron chi connectivity index (χ4n) is 1.76. The number of carbonyl (C=O) groups is 2. The molecule has 2 rings (SSSR count). The fourth-order valence-corrected chi connectivity index (χ4v) is 2.64. The van der Waals surface area contributed by atoms with E-state index in [0.717, 1.165) is 9.79 Å². The lowest BCUT2D eigenvalue weighted by Crippen LogP contribution is -2.21. The van der Waals surface area contributed by atoms with Crippen molar-refractivity contribution in [3.63, 3.8) is 0 Å². The number of amides is 1. The molecule has 0 saturated heterocycles. The van der Waals surface area contributed by atoms with Crippen molar-refractivity contribution >= 4 is 29.3 Å². The first kappa shape index (κ1) is 16.1. The van der Waals surface area contributed by atoms with Gasteiger partial charge in [0.25, 0.3) is 0 Å². The van der Waals surface area contributed by atoms with Gasteiger partial charge in [-0.15, -0.1) is 0 Å². The van der Waals surface area contributed by atoms with Gasteiger partial charge in [0.15, 0.2) is 0 Å². The summed E-state index contributed by atoms with van der Waals surface area (Å²) >= 11 is 1.53. The molecule has 3 N–H and O–H groups in total. The van der Waals surface area contributed by atoms with E-state index in [-0.39, 0.29) is 18.4 Å². The SMILES string of the molecule is COC(=O)c1ccc(Sc2cccc(NC(=O)CN)c2)cc1. The number of anilines is 1. The van der Waals surface area contributed by atoms with Crippen LogP contribution in [0.3, 0.4) is 0 Å². The van der Waals surface area contributed by atoms with Crippen LogP contribution in [0.15, 0.2) is 58.3 Å². The maximum absolute atomic E-state index is 11.4. The van der Waals surface area contributed by atoms with E-state index in [4.69, 9.17) is 5.73 Å². The number of benzene rings is 2. The highest BCUT2D eigenvalue weighted by Gasteiger charge is 2.06. The summed E-state index contributed by atoms with van der Waals surface area (Å²) in [6.07, 6.45) is 0. The van der Waals surface area contributed by atoms with Crippen molar-refractivity contribution in [1.82, 2.24) is 0 Å². The minimum atomic E-state index is -0.358. The molecular weight excluding hydrogens is 300 g/mol. The van der Waals surface area contributed by atoms with Crippen LogP contribution in [0, 0.1) is 0 Å². The molecule has 0 aliphatic rings. The topological polar surface area (TPSA) is 81.4 Å². The minimum absolute atomic E-state index is 0.0492. The highest BCUT2D eigenvalue weighted by Crippen LogP contribution is 2.29. The number of nitrogens with one attached hydrogen (secondary N) is 1. The Morgan fingerprint density at radius 2 is 1.86 bits per heavy atom. The zero-order chi connectivity index (χ0) is 15.9. The second-order valence-electron chi connectivity index (χ2n) is 4.40. The van der Waals surface area contributed by atoms with Gasteiger partial charge in [-0.2, -0.15) is 0 Å². The van der Waals surface area contributed by atoms with Crippen molar-refractivity contribution in [1.29, 1.82) is 0 Å². The molecule has 5 nitrogen and oxygen atoms in total. The second-order valence-corrected chi connectivity index (χ2v) is 5.55. The number of esters is 1. The van der Waals surface area contributed by atoms with Crippen LogP contribution in [-0.2, 0) is 9.53 Å². The van der Waals surface area contributed by atoms with Crippen molar-refractivity contribution in [2.45, 2.75) is 9.79 Å². The number of rotatable bonds is 5. The monoisotopic (exact) mass is 316 g/mol. The fraction of sp³-hybridized carbons (Fsp3) is 0.125. The zero-order valence-electron chi connectivity index (χ0n) is 12.0. The van der Waals surface area contributed by atoms with Crippen LogP contribution in [0.2, 0.25) is 0 Å². The predicted molar refractivity (Wildman–Crippen MR) is 86.0 cm³/mol. The van der Waals surface area contributed by atoms with Gasteiger partial charge < -0.3 is 15.8 Å². The van der Waals surface area contributed by atoms with Crippen LogP contribution in [0.25, 0.3) is 0 Å². The third-order valence-corrected chi connectivity index (χ3v) is 3.81. The average molecular weight is 316 g/mol. The summed E-state index contributed by atoms with van der Waals surface area (Å²) in [5.41, 5.74) is 6.49. The van der Waals surface area contributed by atoms with Crippen molar-refractivity contribution in [3.05, 3.63) is 54.1 Å². The van der Waals surface area contributed by atoms with E-state index >= 15 is 0 Å². The molecule has 0 aliphatic carbocycles. The molecule has 0 bridgehead atoms. The number of methoxy groups -OCH3 is 1. The first-order valence-electron chi connectivity index (χ1n) is 6.58. The van der Waals surface area contributed by atoms with E-state index in [1.54, 1.807) is 18.2 Å². The van der Waals surface area contributed by atoms with Gasteiger partial charge in [0.1, 0.15) is 0 Å². The number of hydrogen-bond donors (Lipinski definition) is 2. The standard InChI is InChI=1S/C16H16N2O3S/c1-21-16(20)11-5-7-13(8-6-11)22-14-4-2-3-12(9-14)18-15(19)10-17/h2-9H,10,17H2,1H3,(H,18,19).